The van der Waals surface area contributed by atoms with E-state index in [2.05, 4.69) is 14.9 Å². The number of ether oxygens (including phenoxy) is 2. The van der Waals surface area contributed by atoms with Crippen LogP contribution >= 0.6 is 0 Å². The molecule has 3 aromatic rings. The number of hydrogen-bond donors (Lipinski definition) is 2. The first kappa shape index (κ1) is 37.8. The monoisotopic (exact) mass is 784 g/mol. The van der Waals surface area contributed by atoms with Gasteiger partial charge in [-0.2, -0.15) is 13.2 Å². The summed E-state index contributed by atoms with van der Waals surface area (Å²) in [4.78, 5) is 32.4. The maximum Gasteiger partial charge on any atom is 0.434 e. The van der Waals surface area contributed by atoms with E-state index >= 15 is 0 Å². The minimum absolute atomic E-state index is 0.0550. The fourth-order valence-corrected chi connectivity index (χ4v) is 11.2. The number of nitrogens with one attached hydrogen (secondary N) is 1. The average molecular weight is 785 g/mol. The predicted molar refractivity (Wildman–Crippen MR) is 197 cm³/mol. The van der Waals surface area contributed by atoms with E-state index in [0.717, 1.165) is 82.6 Å². The number of alkyl halides is 5. The van der Waals surface area contributed by atoms with Crippen molar-refractivity contribution >= 4 is 22.8 Å². The van der Waals surface area contributed by atoms with Crippen LogP contribution in [-0.2, 0) is 15.7 Å². The molecule has 4 heterocycles. The van der Waals surface area contributed by atoms with Gasteiger partial charge < -0.3 is 24.5 Å². The quantitative estimate of drug-likeness (QED) is 0.221. The fourth-order valence-electron chi connectivity index (χ4n) is 11.2. The maximum atomic E-state index is 14.8. The summed E-state index contributed by atoms with van der Waals surface area (Å²) in [6.45, 7) is 3.16. The summed E-state index contributed by atoms with van der Waals surface area (Å²) in [7, 11) is 0. The van der Waals surface area contributed by atoms with Crippen molar-refractivity contribution in [3.05, 3.63) is 47.8 Å². The Labute approximate surface area is 322 Å². The third-order valence-electron chi connectivity index (χ3n) is 14.1. The molecule has 9 nitrogen and oxygen atoms in total. The van der Waals surface area contributed by atoms with Crippen molar-refractivity contribution in [2.24, 2.45) is 23.2 Å². The van der Waals surface area contributed by atoms with Gasteiger partial charge in [-0.15, -0.1) is 0 Å². The molecule has 0 radical (unpaired) electrons. The normalized spacial score (nSPS) is 31.5. The molecule has 6 fully saturated rings. The lowest BCUT2D eigenvalue weighted by atomic mass is 9.71. The largest absolute Gasteiger partial charge is 0.490 e. The van der Waals surface area contributed by atoms with Crippen LogP contribution in [0.1, 0.15) is 106 Å². The maximum absolute atomic E-state index is 14.8. The zero-order valence-electron chi connectivity index (χ0n) is 31.6. The van der Waals surface area contributed by atoms with E-state index in [1.54, 1.807) is 0 Å². The topological polar surface area (TPSA) is 106 Å². The van der Waals surface area contributed by atoms with Crippen LogP contribution in [-0.4, -0.2) is 81.3 Å². The predicted octanol–water partition coefficient (Wildman–Crippen LogP) is 8.50. The summed E-state index contributed by atoms with van der Waals surface area (Å²) in [6, 6.07) is 8.36. The minimum Gasteiger partial charge on any atom is -0.490 e. The lowest BCUT2D eigenvalue weighted by molar-refractivity contribution is -0.151. The van der Waals surface area contributed by atoms with E-state index in [0.29, 0.717) is 29.5 Å². The molecule has 1 aromatic carbocycles. The van der Waals surface area contributed by atoms with Gasteiger partial charge in [0.2, 0.25) is 0 Å². The molecule has 6 aliphatic rings. The molecular formula is C42H49F5N4O5. The number of nitrogens with zero attached hydrogens (tertiary/aromatic N) is 3. The molecule has 1 amide bonds. The molecule has 1 spiro atoms. The van der Waals surface area contributed by atoms with Gasteiger partial charge in [-0.25, -0.2) is 18.6 Å². The van der Waals surface area contributed by atoms with Crippen molar-refractivity contribution in [2.45, 2.75) is 120 Å². The van der Waals surface area contributed by atoms with Crippen LogP contribution in [0.4, 0.5) is 22.0 Å². The van der Waals surface area contributed by atoms with Crippen LogP contribution in [0.3, 0.4) is 0 Å². The molecule has 2 aliphatic heterocycles. The Bertz CT molecular complexity index is 2010. The highest BCUT2D eigenvalue weighted by atomic mass is 19.4. The second-order valence-corrected chi connectivity index (χ2v) is 18.1. The minimum atomic E-state index is -4.99. The summed E-state index contributed by atoms with van der Waals surface area (Å²) in [5.41, 5.74) is -2.14. The van der Waals surface area contributed by atoms with Crippen molar-refractivity contribution in [3.8, 4) is 17.0 Å². The van der Waals surface area contributed by atoms with E-state index in [4.69, 9.17) is 9.47 Å². The Hall–Kier alpha value is -3.78. The molecule has 4 unspecified atom stereocenters. The molecule has 302 valence electrons. The molecule has 4 saturated carbocycles. The number of carboxylic acids is 1. The van der Waals surface area contributed by atoms with Crippen LogP contribution < -0.4 is 10.1 Å². The third kappa shape index (κ3) is 6.75. The number of aliphatic carboxylic acids is 1. The number of aromatic nitrogens is 2. The molecule has 4 atom stereocenters. The van der Waals surface area contributed by atoms with Gasteiger partial charge >= 0.3 is 12.1 Å². The van der Waals surface area contributed by atoms with Gasteiger partial charge in [-0.1, -0.05) is 6.92 Å². The number of carbonyl (C=O) groups is 2. The number of rotatable bonds is 8. The number of halogens is 5. The van der Waals surface area contributed by atoms with Crippen molar-refractivity contribution in [1.82, 2.24) is 19.8 Å². The molecule has 14 heteroatoms. The number of carboxylic acid groups (broad SMARTS) is 1. The number of hydrogen-bond acceptors (Lipinski definition) is 6. The Morgan fingerprint density at radius 1 is 0.964 bits per heavy atom. The summed E-state index contributed by atoms with van der Waals surface area (Å²) in [5, 5.41) is 13.6. The van der Waals surface area contributed by atoms with Crippen LogP contribution in [0.2, 0.25) is 0 Å². The molecule has 4 aliphatic carbocycles. The molecule has 9 rings (SSSR count). The zero-order chi connectivity index (χ0) is 39.2. The van der Waals surface area contributed by atoms with Gasteiger partial charge in [-0.05, 0) is 119 Å². The number of carbonyl (C=O) groups excluding carboxylic acids is 1. The second kappa shape index (κ2) is 13.7. The first-order valence-electron chi connectivity index (χ1n) is 20.3. The van der Waals surface area contributed by atoms with E-state index in [9.17, 15) is 36.6 Å². The van der Waals surface area contributed by atoms with Crippen molar-refractivity contribution < 1.29 is 46.1 Å². The van der Waals surface area contributed by atoms with Crippen LogP contribution in [0.25, 0.3) is 22.2 Å². The Morgan fingerprint density at radius 3 is 2.34 bits per heavy atom. The first-order chi connectivity index (χ1) is 26.6. The Morgan fingerprint density at radius 2 is 1.70 bits per heavy atom. The number of fused-ring (bicyclic) bond motifs is 3. The van der Waals surface area contributed by atoms with Gasteiger partial charge in [-0.3, -0.25) is 9.69 Å². The number of benzene rings is 1. The lowest BCUT2D eigenvalue weighted by Gasteiger charge is -2.46. The molecule has 2 saturated heterocycles. The summed E-state index contributed by atoms with van der Waals surface area (Å²) < 4.78 is 85.6. The van der Waals surface area contributed by atoms with Gasteiger partial charge in [0, 0.05) is 40.7 Å². The van der Waals surface area contributed by atoms with Crippen molar-refractivity contribution in [1.29, 1.82) is 0 Å². The molecular weight excluding hydrogens is 735 g/mol. The standard InChI is InChI=1S/C42H49F5N4O5/c1-24-14-25-16-26(15-24)41(18-25,38(53)54)49-37(52)32-8-9-34(48-36(32)42(45,46)47)33-19-51(28-10-12-39(13-11-28)22-55-23-39)35-17-30(6-7-31(33)35)56-29-4-2-27(3-5-29)50-20-40(43,44)21-50/h6-9,17,19,24-29H,2-5,10-16,18,20-23H2,1H3,(H,49,52)(H,53,54)/t24?,25?,26?,27-,29-,41?. The number of pyridine rings is 1. The third-order valence-corrected chi connectivity index (χ3v) is 14.1. The van der Waals surface area contributed by atoms with Crippen molar-refractivity contribution in [2.75, 3.05) is 26.3 Å². The smallest absolute Gasteiger partial charge is 0.434 e. The molecule has 56 heavy (non-hydrogen) atoms. The van der Waals surface area contributed by atoms with Gasteiger partial charge in [0.05, 0.1) is 49.2 Å². The van der Waals surface area contributed by atoms with Crippen molar-refractivity contribution in [3.63, 3.8) is 0 Å². The Kier molecular flexibility index (Phi) is 9.22. The molecule has 2 bridgehead atoms. The lowest BCUT2D eigenvalue weighted by Crippen LogP contribution is -2.60. The Balaban J connectivity index is 1.01. The molecule has 2 aromatic heterocycles. The van der Waals surface area contributed by atoms with Gasteiger partial charge in [0.1, 0.15) is 11.3 Å². The van der Waals surface area contributed by atoms with Gasteiger partial charge in [0.25, 0.3) is 11.8 Å². The average Bonchev–Trinajstić information content (AvgIpc) is 3.63. The SMILES string of the molecule is CC1CC2CC(C1)C(NC(=O)c1ccc(-c3cn(C4CCC5(CC4)COC5)c4cc(O[C@H]5CC[C@H](N6CC(F)(F)C6)CC5)ccc34)nc1C(F)(F)F)(C(=O)O)C2. The summed E-state index contributed by atoms with van der Waals surface area (Å²) in [5.74, 6) is -4.27. The first-order valence-corrected chi connectivity index (χ1v) is 20.3. The summed E-state index contributed by atoms with van der Waals surface area (Å²) >= 11 is 0. The highest BCUT2D eigenvalue weighted by molar-refractivity contribution is 6.00. The highest BCUT2D eigenvalue weighted by Crippen LogP contribution is 2.51. The van der Waals surface area contributed by atoms with E-state index in [1.165, 1.54) is 6.07 Å². The summed E-state index contributed by atoms with van der Waals surface area (Å²) in [6.07, 6.45) is 5.76. The van der Waals surface area contributed by atoms with Crippen LogP contribution in [0.15, 0.2) is 36.5 Å². The highest BCUT2D eigenvalue weighted by Gasteiger charge is 2.57. The van der Waals surface area contributed by atoms with Gasteiger partial charge in [0.15, 0.2) is 5.69 Å². The van der Waals surface area contributed by atoms with E-state index in [-0.39, 0.29) is 66.6 Å². The second-order valence-electron chi connectivity index (χ2n) is 18.1. The van der Waals surface area contributed by atoms with Crippen LogP contribution in [0, 0.1) is 23.2 Å². The van der Waals surface area contributed by atoms with E-state index in [1.807, 2.05) is 36.2 Å². The molecule has 2 N–H and O–H groups in total. The van der Waals surface area contributed by atoms with E-state index < -0.39 is 40.8 Å². The fraction of sp³-hybridized carbons (Fsp3) is 0.643. The van der Waals surface area contributed by atoms with Crippen LogP contribution in [0.5, 0.6) is 5.75 Å². The zero-order valence-corrected chi connectivity index (χ0v) is 31.6. The number of likely N-dealkylation sites (tertiary alicyclic amines) is 1. The number of amides is 1.